The predicted molar refractivity (Wildman–Crippen MR) is 150 cm³/mol. The lowest BCUT2D eigenvalue weighted by Crippen LogP contribution is -2.55. The molecule has 2 aromatic carbocycles. The summed E-state index contributed by atoms with van der Waals surface area (Å²) < 4.78 is -0.682. The van der Waals surface area contributed by atoms with Crippen LogP contribution >= 0.6 is 23.4 Å². The lowest BCUT2D eigenvalue weighted by atomic mass is 9.66. The van der Waals surface area contributed by atoms with Crippen molar-refractivity contribution in [1.29, 1.82) is 0 Å². The zero-order valence-electron chi connectivity index (χ0n) is 21.4. The number of thioether (sulfide) groups is 1. The van der Waals surface area contributed by atoms with Gasteiger partial charge in [0.1, 0.15) is 6.04 Å². The molecule has 3 fully saturated rings. The highest BCUT2D eigenvalue weighted by atomic mass is 35.5. The van der Waals surface area contributed by atoms with Crippen LogP contribution in [0.25, 0.3) is 0 Å². The van der Waals surface area contributed by atoms with Crippen LogP contribution in [0.3, 0.4) is 0 Å². The Labute approximate surface area is 232 Å². The second-order valence-corrected chi connectivity index (χ2v) is 12.5. The van der Waals surface area contributed by atoms with E-state index in [1.165, 1.54) is 0 Å². The van der Waals surface area contributed by atoms with E-state index in [-0.39, 0.29) is 35.5 Å². The molecule has 3 N–H and O–H groups in total. The summed E-state index contributed by atoms with van der Waals surface area (Å²) in [5.74, 6) is -1.45. The molecule has 38 heavy (non-hydrogen) atoms. The average molecular weight is 556 g/mol. The standard InChI is InChI=1S/C29H34ClN3O4S/c1-18-16-22-23(26(35)31-17-19-10-4-2-5-11-19)24-28(37)33(14-8-3-9-15-34)25(29(18,24)38-22)27(36)32-21-13-7-6-12-20(21)30/h2,4-7,10-13,18,22-25,34H,3,8-9,14-17H2,1H3,(H,31,35)(H,32,36)/t18?,22-,23+,24-,25?,29?/m0/s1. The molecular weight excluding hydrogens is 522 g/mol. The summed E-state index contributed by atoms with van der Waals surface area (Å²) in [6.07, 6.45) is 2.86. The van der Waals surface area contributed by atoms with Crippen LogP contribution in [-0.2, 0) is 20.9 Å². The zero-order valence-corrected chi connectivity index (χ0v) is 23.0. The topological polar surface area (TPSA) is 98.7 Å². The minimum absolute atomic E-state index is 0.0122. The second kappa shape index (κ2) is 11.3. The number of anilines is 1. The number of carbonyl (C=O) groups is 3. The third-order valence-electron chi connectivity index (χ3n) is 8.30. The molecule has 3 amide bonds. The smallest absolute Gasteiger partial charge is 0.248 e. The number of halogens is 1. The Bertz CT molecular complexity index is 1200. The molecule has 0 aromatic heterocycles. The van der Waals surface area contributed by atoms with Crippen LogP contribution in [0.2, 0.25) is 5.02 Å². The van der Waals surface area contributed by atoms with Gasteiger partial charge in [0.25, 0.3) is 0 Å². The average Bonchev–Trinajstić information content (AvgIpc) is 3.51. The number of rotatable bonds is 10. The molecule has 2 bridgehead atoms. The summed E-state index contributed by atoms with van der Waals surface area (Å²) in [6, 6.07) is 16.1. The van der Waals surface area contributed by atoms with E-state index in [9.17, 15) is 19.5 Å². The Morgan fingerprint density at radius 1 is 1.08 bits per heavy atom. The molecule has 3 saturated heterocycles. The molecule has 3 heterocycles. The number of fused-ring (bicyclic) bond motifs is 1. The summed E-state index contributed by atoms with van der Waals surface area (Å²) in [5.41, 5.74) is 1.51. The van der Waals surface area contributed by atoms with Gasteiger partial charge in [0.05, 0.1) is 27.3 Å². The van der Waals surface area contributed by atoms with Crippen molar-refractivity contribution in [2.24, 2.45) is 17.8 Å². The van der Waals surface area contributed by atoms with E-state index in [1.807, 2.05) is 30.3 Å². The fraction of sp³-hybridized carbons (Fsp3) is 0.483. The number of amides is 3. The molecule has 2 aromatic rings. The number of nitrogens with one attached hydrogen (secondary N) is 2. The van der Waals surface area contributed by atoms with Gasteiger partial charge < -0.3 is 20.6 Å². The van der Waals surface area contributed by atoms with Crippen molar-refractivity contribution in [2.75, 3.05) is 18.5 Å². The van der Waals surface area contributed by atoms with Crippen molar-refractivity contribution in [2.45, 2.75) is 55.2 Å². The van der Waals surface area contributed by atoms with Gasteiger partial charge in [0.15, 0.2) is 0 Å². The van der Waals surface area contributed by atoms with Gasteiger partial charge in [0, 0.05) is 24.9 Å². The van der Waals surface area contributed by atoms with Gasteiger partial charge in [-0.1, -0.05) is 61.0 Å². The predicted octanol–water partition coefficient (Wildman–Crippen LogP) is 4.09. The monoisotopic (exact) mass is 555 g/mol. The highest BCUT2D eigenvalue weighted by Gasteiger charge is 2.75. The summed E-state index contributed by atoms with van der Waals surface area (Å²) in [4.78, 5) is 43.3. The van der Waals surface area contributed by atoms with Crippen LogP contribution in [0, 0.1) is 17.8 Å². The molecule has 0 saturated carbocycles. The Balaban J connectivity index is 1.44. The van der Waals surface area contributed by atoms with E-state index >= 15 is 0 Å². The molecule has 202 valence electrons. The first kappa shape index (κ1) is 27.0. The van der Waals surface area contributed by atoms with E-state index in [1.54, 1.807) is 40.9 Å². The maximum absolute atomic E-state index is 14.1. The first-order valence-corrected chi connectivity index (χ1v) is 14.6. The van der Waals surface area contributed by atoms with Crippen molar-refractivity contribution in [3.05, 3.63) is 65.2 Å². The van der Waals surface area contributed by atoms with Crippen LogP contribution in [0.4, 0.5) is 5.69 Å². The Morgan fingerprint density at radius 3 is 2.55 bits per heavy atom. The molecule has 0 aliphatic carbocycles. The van der Waals surface area contributed by atoms with Crippen LogP contribution in [0.15, 0.2) is 54.6 Å². The third-order valence-corrected chi connectivity index (χ3v) is 10.7. The van der Waals surface area contributed by atoms with Gasteiger partial charge in [-0.25, -0.2) is 0 Å². The van der Waals surface area contributed by atoms with Crippen LogP contribution in [-0.4, -0.2) is 56.9 Å². The van der Waals surface area contributed by atoms with Gasteiger partial charge in [-0.3, -0.25) is 14.4 Å². The van der Waals surface area contributed by atoms with E-state index in [0.29, 0.717) is 36.6 Å². The summed E-state index contributed by atoms with van der Waals surface area (Å²) >= 11 is 8.01. The van der Waals surface area contributed by atoms with Gasteiger partial charge in [-0.15, -0.1) is 11.8 Å². The first-order chi connectivity index (χ1) is 18.4. The summed E-state index contributed by atoms with van der Waals surface area (Å²) in [6.45, 7) is 3.01. The van der Waals surface area contributed by atoms with Gasteiger partial charge in [-0.05, 0) is 49.3 Å². The molecule has 7 nitrogen and oxygen atoms in total. The first-order valence-electron chi connectivity index (χ1n) is 13.3. The Morgan fingerprint density at radius 2 is 1.82 bits per heavy atom. The maximum atomic E-state index is 14.1. The quantitative estimate of drug-likeness (QED) is 0.383. The van der Waals surface area contributed by atoms with Gasteiger partial charge >= 0.3 is 0 Å². The number of aliphatic hydroxyl groups is 1. The van der Waals surface area contributed by atoms with E-state index in [4.69, 9.17) is 11.6 Å². The van der Waals surface area contributed by atoms with Crippen molar-refractivity contribution in [1.82, 2.24) is 10.2 Å². The Hall–Kier alpha value is -2.55. The zero-order chi connectivity index (χ0) is 26.9. The molecule has 0 radical (unpaired) electrons. The fourth-order valence-corrected chi connectivity index (χ4v) is 9.20. The third kappa shape index (κ3) is 4.71. The molecule has 1 spiro atoms. The van der Waals surface area contributed by atoms with Crippen molar-refractivity contribution < 1.29 is 19.5 Å². The number of hydrogen-bond acceptors (Lipinski definition) is 5. The van der Waals surface area contributed by atoms with Crippen molar-refractivity contribution in [3.8, 4) is 0 Å². The Kier molecular flexibility index (Phi) is 8.03. The number of hydrogen-bond donors (Lipinski definition) is 3. The normalized spacial score (nSPS) is 29.4. The minimum Gasteiger partial charge on any atom is -0.396 e. The molecule has 6 atom stereocenters. The van der Waals surface area contributed by atoms with Crippen LogP contribution in [0.1, 0.15) is 38.2 Å². The number of benzene rings is 2. The lowest BCUT2D eigenvalue weighted by molar-refractivity contribution is -0.139. The molecule has 5 rings (SSSR count). The number of unbranched alkanes of at least 4 members (excludes halogenated alkanes) is 2. The van der Waals surface area contributed by atoms with Crippen LogP contribution in [0.5, 0.6) is 0 Å². The number of para-hydroxylation sites is 1. The number of likely N-dealkylation sites (tertiary alicyclic amines) is 1. The highest BCUT2D eigenvalue weighted by molar-refractivity contribution is 8.02. The summed E-state index contributed by atoms with van der Waals surface area (Å²) in [7, 11) is 0. The maximum Gasteiger partial charge on any atom is 0.248 e. The molecule has 3 aliphatic heterocycles. The highest BCUT2D eigenvalue weighted by Crippen LogP contribution is 2.68. The van der Waals surface area contributed by atoms with Crippen molar-refractivity contribution in [3.63, 3.8) is 0 Å². The van der Waals surface area contributed by atoms with Gasteiger partial charge in [0.2, 0.25) is 17.7 Å². The number of aliphatic hydroxyl groups excluding tert-OH is 1. The molecule has 3 aliphatic rings. The SMILES string of the molecule is CC1C[C@@H]2SC13C(C(=O)Nc1ccccc1Cl)N(CCCCCO)C(=O)[C@@H]3[C@@H]2C(=O)NCc1ccccc1. The molecular formula is C29H34ClN3O4S. The number of nitrogens with zero attached hydrogens (tertiary/aromatic N) is 1. The lowest BCUT2D eigenvalue weighted by Gasteiger charge is -2.38. The summed E-state index contributed by atoms with van der Waals surface area (Å²) in [5, 5.41) is 15.7. The van der Waals surface area contributed by atoms with Gasteiger partial charge in [-0.2, -0.15) is 0 Å². The fourth-order valence-electron chi connectivity index (χ4n) is 6.60. The largest absolute Gasteiger partial charge is 0.396 e. The van der Waals surface area contributed by atoms with Crippen molar-refractivity contribution >= 4 is 46.8 Å². The molecule has 9 heteroatoms. The van der Waals surface area contributed by atoms with Crippen LogP contribution < -0.4 is 10.6 Å². The second-order valence-electron chi connectivity index (χ2n) is 10.5. The molecule has 3 unspecified atom stereocenters. The van der Waals surface area contributed by atoms with E-state index in [2.05, 4.69) is 17.6 Å². The van der Waals surface area contributed by atoms with E-state index < -0.39 is 22.6 Å². The minimum atomic E-state index is -0.706. The van der Waals surface area contributed by atoms with E-state index in [0.717, 1.165) is 18.4 Å². The number of carbonyl (C=O) groups excluding carboxylic acids is 3.